The van der Waals surface area contributed by atoms with Gasteiger partial charge in [-0.15, -0.1) is 0 Å². The summed E-state index contributed by atoms with van der Waals surface area (Å²) in [5, 5.41) is 0. The first-order valence-electron chi connectivity index (χ1n) is 12.7. The number of Topliss-reactive ketones (excluding diaryl/α,β-unsaturated/α-hetero) is 1. The van der Waals surface area contributed by atoms with Crippen molar-refractivity contribution in [1.82, 2.24) is 0 Å². The maximum Gasteiger partial charge on any atom is 0.234 e. The molecule has 6 nitrogen and oxygen atoms in total. The molecule has 0 unspecified atom stereocenters. The van der Waals surface area contributed by atoms with Gasteiger partial charge < -0.3 is 0 Å². The van der Waals surface area contributed by atoms with Gasteiger partial charge in [-0.05, 0) is 80.6 Å². The Labute approximate surface area is 197 Å². The summed E-state index contributed by atoms with van der Waals surface area (Å²) in [6, 6.07) is 0. The Morgan fingerprint density at radius 1 is 0.818 bits per heavy atom. The number of hydrogen-bond donors (Lipinski definition) is 0. The third kappa shape index (κ3) is 5.50. The number of hydrogen-bond acceptors (Lipinski definition) is 6. The van der Waals surface area contributed by atoms with Crippen molar-refractivity contribution < 1.29 is 19.2 Å². The van der Waals surface area contributed by atoms with Gasteiger partial charge in [-0.3, -0.25) is 9.59 Å². The molecule has 0 bridgehead atoms. The molecule has 4 aliphatic rings. The van der Waals surface area contributed by atoms with Gasteiger partial charge in [-0.1, -0.05) is 32.3 Å². The van der Waals surface area contributed by atoms with Gasteiger partial charge in [0, 0.05) is 18.3 Å². The highest BCUT2D eigenvalue weighted by Gasteiger charge is 2.58. The lowest BCUT2D eigenvalue weighted by Crippen LogP contribution is -2.50. The zero-order valence-corrected chi connectivity index (χ0v) is 20.2. The minimum Gasteiger partial charge on any atom is -0.299 e. The number of fused-ring (bicyclic) bond motifs is 5. The second kappa shape index (κ2) is 11.3. The first kappa shape index (κ1) is 25.5. The largest absolute Gasteiger partial charge is 0.299 e. The predicted molar refractivity (Wildman–Crippen MR) is 126 cm³/mol. The molecule has 0 spiro atoms. The molecular weight excluding hydrogens is 416 g/mol. The van der Waals surface area contributed by atoms with E-state index in [2.05, 4.69) is 23.8 Å². The van der Waals surface area contributed by atoms with E-state index in [0.29, 0.717) is 42.4 Å². The smallest absolute Gasteiger partial charge is 0.234 e. The lowest BCUT2D eigenvalue weighted by atomic mass is 9.47. The van der Waals surface area contributed by atoms with Crippen molar-refractivity contribution in [2.45, 2.75) is 90.9 Å². The quantitative estimate of drug-likeness (QED) is 0.296. The van der Waals surface area contributed by atoms with E-state index < -0.39 is 0 Å². The zero-order valence-electron chi connectivity index (χ0n) is 20.2. The van der Waals surface area contributed by atoms with Crippen LogP contribution in [-0.4, -0.2) is 36.8 Å². The Kier molecular flexibility index (Phi) is 8.73. The third-order valence-corrected chi connectivity index (χ3v) is 9.09. The van der Waals surface area contributed by atoms with Gasteiger partial charge in [0.15, 0.2) is 5.78 Å². The molecule has 0 heterocycles. The van der Waals surface area contributed by atoms with Crippen LogP contribution in [0.15, 0.2) is 21.6 Å². The highest BCUT2D eigenvalue weighted by molar-refractivity contribution is 5.91. The molecule has 4 rings (SSSR count). The molecule has 0 amide bonds. The zero-order chi connectivity index (χ0) is 23.9. The molecular formula is C27H38N2O4. The van der Waals surface area contributed by atoms with Gasteiger partial charge in [-0.25, -0.2) is 19.6 Å². The Morgan fingerprint density at radius 3 is 2.09 bits per heavy atom. The SMILES string of the molecule is C[C@]12CCC(=O)C=C1CC[C@@H]1[C@@H]2CC[C@]2(C)C(=O)CC[C@@H]12.O=C=NCCCCCCN=C=O. The van der Waals surface area contributed by atoms with Gasteiger partial charge in [0.1, 0.15) is 5.78 Å². The lowest BCUT2D eigenvalue weighted by Gasteiger charge is -2.56. The number of unbranched alkanes of at least 4 members (excludes halogenated alkanes) is 3. The average Bonchev–Trinajstić information content (AvgIpc) is 3.11. The molecule has 0 saturated heterocycles. The molecule has 33 heavy (non-hydrogen) atoms. The van der Waals surface area contributed by atoms with Crippen LogP contribution in [0.5, 0.6) is 0 Å². The van der Waals surface area contributed by atoms with Crippen molar-refractivity contribution in [3.63, 3.8) is 0 Å². The number of isocyanates is 2. The fraction of sp³-hybridized carbons (Fsp3) is 0.778. The summed E-state index contributed by atoms with van der Waals surface area (Å²) >= 11 is 0. The van der Waals surface area contributed by atoms with Crippen LogP contribution in [0.4, 0.5) is 0 Å². The van der Waals surface area contributed by atoms with Gasteiger partial charge in [0.25, 0.3) is 0 Å². The molecule has 5 atom stereocenters. The monoisotopic (exact) mass is 454 g/mol. The minimum absolute atomic E-state index is 0.0246. The normalized spacial score (nSPS) is 34.4. The Balaban J connectivity index is 0.000000221. The fourth-order valence-electron chi connectivity index (χ4n) is 7.16. The van der Waals surface area contributed by atoms with E-state index in [9.17, 15) is 19.2 Å². The van der Waals surface area contributed by atoms with Crippen LogP contribution in [-0.2, 0) is 19.2 Å². The summed E-state index contributed by atoms with van der Waals surface area (Å²) in [6.07, 6.45) is 17.0. The summed E-state index contributed by atoms with van der Waals surface area (Å²) in [5.41, 5.74) is 1.64. The van der Waals surface area contributed by atoms with Crippen LogP contribution >= 0.6 is 0 Å². The summed E-state index contributed by atoms with van der Waals surface area (Å²) in [4.78, 5) is 50.2. The van der Waals surface area contributed by atoms with Crippen LogP contribution in [0.3, 0.4) is 0 Å². The molecule has 0 aliphatic heterocycles. The number of nitrogens with zero attached hydrogens (tertiary/aromatic N) is 2. The summed E-state index contributed by atoms with van der Waals surface area (Å²) < 4.78 is 0. The topological polar surface area (TPSA) is 93.0 Å². The van der Waals surface area contributed by atoms with E-state index in [1.807, 2.05) is 6.08 Å². The Bertz CT molecular complexity index is 845. The van der Waals surface area contributed by atoms with E-state index in [1.54, 1.807) is 0 Å². The average molecular weight is 455 g/mol. The number of carbonyl (C=O) groups is 2. The second-order valence-electron chi connectivity index (χ2n) is 10.7. The van der Waals surface area contributed by atoms with Crippen LogP contribution in [0, 0.1) is 28.6 Å². The fourth-order valence-corrected chi connectivity index (χ4v) is 7.16. The first-order valence-corrected chi connectivity index (χ1v) is 12.7. The third-order valence-electron chi connectivity index (χ3n) is 9.09. The maximum atomic E-state index is 12.4. The van der Waals surface area contributed by atoms with Crippen molar-refractivity contribution in [2.24, 2.45) is 38.6 Å². The summed E-state index contributed by atoms with van der Waals surface area (Å²) in [7, 11) is 0. The molecule has 4 aliphatic carbocycles. The highest BCUT2D eigenvalue weighted by atomic mass is 16.1. The maximum absolute atomic E-state index is 12.4. The molecule has 0 radical (unpaired) electrons. The molecule has 0 N–H and O–H groups in total. The molecule has 3 saturated carbocycles. The van der Waals surface area contributed by atoms with E-state index in [0.717, 1.165) is 64.2 Å². The summed E-state index contributed by atoms with van der Waals surface area (Å²) in [6.45, 7) is 5.75. The predicted octanol–water partition coefficient (Wildman–Crippen LogP) is 5.31. The van der Waals surface area contributed by atoms with Crippen LogP contribution < -0.4 is 0 Å². The van der Waals surface area contributed by atoms with Gasteiger partial charge in [0.2, 0.25) is 12.2 Å². The van der Waals surface area contributed by atoms with Gasteiger partial charge >= 0.3 is 0 Å². The van der Waals surface area contributed by atoms with Crippen molar-refractivity contribution in [2.75, 3.05) is 13.1 Å². The second-order valence-corrected chi connectivity index (χ2v) is 10.7. The number of aliphatic imine (C=N–C) groups is 2. The van der Waals surface area contributed by atoms with Crippen LogP contribution in [0.25, 0.3) is 0 Å². The minimum atomic E-state index is -0.0246. The molecule has 0 aromatic heterocycles. The number of allylic oxidation sites excluding steroid dienone is 1. The van der Waals surface area contributed by atoms with Crippen molar-refractivity contribution in [3.05, 3.63) is 11.6 Å². The summed E-state index contributed by atoms with van der Waals surface area (Å²) in [5.74, 6) is 2.88. The molecule has 180 valence electrons. The number of carbonyl (C=O) groups excluding carboxylic acids is 4. The van der Waals surface area contributed by atoms with Crippen LogP contribution in [0.2, 0.25) is 0 Å². The van der Waals surface area contributed by atoms with Crippen molar-refractivity contribution >= 4 is 23.7 Å². The van der Waals surface area contributed by atoms with E-state index in [4.69, 9.17) is 0 Å². The van der Waals surface area contributed by atoms with Crippen LogP contribution in [0.1, 0.15) is 90.9 Å². The molecule has 6 heteroatoms. The van der Waals surface area contributed by atoms with Crippen molar-refractivity contribution in [1.29, 1.82) is 0 Å². The van der Waals surface area contributed by atoms with Crippen molar-refractivity contribution in [3.8, 4) is 0 Å². The Morgan fingerprint density at radius 2 is 1.45 bits per heavy atom. The lowest BCUT2D eigenvalue weighted by molar-refractivity contribution is -0.132. The number of rotatable bonds is 7. The Hall–Kier alpha value is -2.16. The van der Waals surface area contributed by atoms with E-state index in [1.165, 1.54) is 30.6 Å². The van der Waals surface area contributed by atoms with E-state index in [-0.39, 0.29) is 10.8 Å². The molecule has 3 fully saturated rings. The standard InChI is InChI=1S/C19H26O2.C8H12N2O2/c1-18-9-7-13(20)11-12(18)3-4-14-15-5-6-17(21)19(15,2)10-8-16(14)18;11-7-9-5-3-1-2-4-6-10-8-12/h11,14-16H,3-10H2,1-2H3;1-6H2/t14-,15-,16-,18-,19-;/m0./s1. The molecule has 0 aromatic carbocycles. The highest BCUT2D eigenvalue weighted by Crippen LogP contribution is 2.64. The molecule has 0 aromatic rings. The first-order chi connectivity index (χ1) is 15.9. The van der Waals surface area contributed by atoms with E-state index >= 15 is 0 Å². The number of ketones is 2. The van der Waals surface area contributed by atoms with Gasteiger partial charge in [0.05, 0.1) is 13.1 Å². The van der Waals surface area contributed by atoms with Gasteiger partial charge in [-0.2, -0.15) is 0 Å².